The number of fused-ring (bicyclic) bond motifs is 1. The summed E-state index contributed by atoms with van der Waals surface area (Å²) in [6, 6.07) is 24.1. The molecule has 0 saturated heterocycles. The first-order valence-electron chi connectivity index (χ1n) is 9.62. The monoisotopic (exact) mass is 415 g/mol. The molecule has 0 spiro atoms. The van der Waals surface area contributed by atoms with Gasteiger partial charge >= 0.3 is 0 Å². The maximum absolute atomic E-state index is 12.8. The molecule has 1 amide bonds. The van der Waals surface area contributed by atoms with Gasteiger partial charge in [0, 0.05) is 11.1 Å². The molecular weight excluding hydrogens is 394 g/mol. The Morgan fingerprint density at radius 2 is 1.63 bits per heavy atom. The zero-order chi connectivity index (χ0) is 20.9. The predicted molar refractivity (Wildman–Crippen MR) is 121 cm³/mol. The average molecular weight is 416 g/mol. The molecule has 0 radical (unpaired) electrons. The molecule has 150 valence electrons. The Bertz CT molecular complexity index is 1150. The van der Waals surface area contributed by atoms with E-state index in [-0.39, 0.29) is 18.2 Å². The second kappa shape index (κ2) is 8.98. The zero-order valence-electron chi connectivity index (χ0n) is 16.5. The van der Waals surface area contributed by atoms with Crippen LogP contribution in [0.25, 0.3) is 10.2 Å². The second-order valence-electron chi connectivity index (χ2n) is 7.04. The van der Waals surface area contributed by atoms with Crippen LogP contribution in [0.15, 0.2) is 78.9 Å². The molecule has 6 heteroatoms. The normalized spacial score (nSPS) is 11.0. The molecule has 0 aliphatic rings. The molecule has 1 heterocycles. The van der Waals surface area contributed by atoms with E-state index in [9.17, 15) is 9.59 Å². The minimum atomic E-state index is -0.174. The van der Waals surface area contributed by atoms with Crippen molar-refractivity contribution < 1.29 is 9.59 Å². The van der Waals surface area contributed by atoms with E-state index in [4.69, 9.17) is 0 Å². The summed E-state index contributed by atoms with van der Waals surface area (Å²) >= 11 is 1.63. The van der Waals surface area contributed by atoms with E-state index in [0.717, 1.165) is 15.2 Å². The molecule has 5 nitrogen and oxygen atoms in total. The van der Waals surface area contributed by atoms with Gasteiger partial charge in [-0.25, -0.2) is 4.98 Å². The van der Waals surface area contributed by atoms with Gasteiger partial charge in [0.05, 0.1) is 29.0 Å². The number of nitrogens with zero attached hydrogens (tertiary/aromatic N) is 2. The van der Waals surface area contributed by atoms with Gasteiger partial charge in [-0.3, -0.25) is 14.5 Å². The number of para-hydroxylation sites is 2. The van der Waals surface area contributed by atoms with Gasteiger partial charge in [-0.1, -0.05) is 54.6 Å². The summed E-state index contributed by atoms with van der Waals surface area (Å²) < 4.78 is 1.14. The van der Waals surface area contributed by atoms with E-state index in [1.807, 2.05) is 60.5 Å². The lowest BCUT2D eigenvalue weighted by molar-refractivity contribution is -0.117. The number of likely N-dealkylation sites (N-methyl/N-ethyl adjacent to an activating group) is 1. The number of carbonyl (C=O) groups excluding carboxylic acids is 2. The van der Waals surface area contributed by atoms with Crippen LogP contribution in [0.2, 0.25) is 0 Å². The molecule has 3 aromatic carbocycles. The van der Waals surface area contributed by atoms with Crippen molar-refractivity contribution in [2.24, 2.45) is 0 Å². The van der Waals surface area contributed by atoms with Gasteiger partial charge in [0.2, 0.25) is 5.91 Å². The molecule has 1 N–H and O–H groups in total. The third-order valence-corrected chi connectivity index (χ3v) is 5.66. The van der Waals surface area contributed by atoms with Crippen LogP contribution in [0.3, 0.4) is 0 Å². The zero-order valence-corrected chi connectivity index (χ0v) is 17.4. The highest BCUT2D eigenvalue weighted by Crippen LogP contribution is 2.23. The van der Waals surface area contributed by atoms with Gasteiger partial charge in [0.15, 0.2) is 5.78 Å². The van der Waals surface area contributed by atoms with Gasteiger partial charge in [0.25, 0.3) is 0 Å². The summed E-state index contributed by atoms with van der Waals surface area (Å²) in [5, 5.41) is 3.85. The number of aromatic nitrogens is 1. The van der Waals surface area contributed by atoms with Gasteiger partial charge < -0.3 is 5.32 Å². The fourth-order valence-electron chi connectivity index (χ4n) is 3.24. The number of benzene rings is 3. The Labute approximate surface area is 179 Å². The molecule has 4 rings (SSSR count). The number of amides is 1. The first-order valence-corrected chi connectivity index (χ1v) is 10.4. The molecule has 0 atom stereocenters. The van der Waals surface area contributed by atoms with Crippen molar-refractivity contribution in [1.82, 2.24) is 9.88 Å². The molecule has 0 aliphatic heterocycles. The van der Waals surface area contributed by atoms with E-state index in [1.165, 1.54) is 0 Å². The highest BCUT2D eigenvalue weighted by Gasteiger charge is 2.16. The highest BCUT2D eigenvalue weighted by atomic mass is 32.1. The Balaban J connectivity index is 1.42. The van der Waals surface area contributed by atoms with E-state index in [2.05, 4.69) is 10.3 Å². The van der Waals surface area contributed by atoms with E-state index >= 15 is 0 Å². The minimum absolute atomic E-state index is 0.116. The summed E-state index contributed by atoms with van der Waals surface area (Å²) in [5.74, 6) is -0.291. The maximum Gasteiger partial charge on any atom is 0.238 e. The van der Waals surface area contributed by atoms with Gasteiger partial charge in [0.1, 0.15) is 5.01 Å². The van der Waals surface area contributed by atoms with Crippen molar-refractivity contribution in [2.75, 3.05) is 18.9 Å². The topological polar surface area (TPSA) is 62.3 Å². The van der Waals surface area contributed by atoms with E-state index < -0.39 is 0 Å². The molecule has 30 heavy (non-hydrogen) atoms. The van der Waals surface area contributed by atoms with Crippen LogP contribution in [0, 0.1) is 0 Å². The molecular formula is C24H21N3O2S. The average Bonchev–Trinajstić information content (AvgIpc) is 3.16. The fourth-order valence-corrected chi connectivity index (χ4v) is 4.29. The number of rotatable bonds is 7. The first kappa shape index (κ1) is 19.9. The smallest absolute Gasteiger partial charge is 0.238 e. The van der Waals surface area contributed by atoms with E-state index in [1.54, 1.807) is 41.7 Å². The van der Waals surface area contributed by atoms with Crippen molar-refractivity contribution in [1.29, 1.82) is 0 Å². The lowest BCUT2D eigenvalue weighted by Crippen LogP contribution is -2.30. The van der Waals surface area contributed by atoms with Crippen LogP contribution in [-0.2, 0) is 11.3 Å². The second-order valence-corrected chi connectivity index (χ2v) is 8.15. The lowest BCUT2D eigenvalue weighted by Gasteiger charge is -2.16. The summed E-state index contributed by atoms with van der Waals surface area (Å²) in [4.78, 5) is 32.0. The maximum atomic E-state index is 12.8. The molecule has 0 bridgehead atoms. The molecule has 4 aromatic rings. The molecule has 0 fully saturated rings. The van der Waals surface area contributed by atoms with Gasteiger partial charge in [-0.05, 0) is 31.3 Å². The molecule has 0 saturated carbocycles. The minimum Gasteiger partial charge on any atom is -0.324 e. The van der Waals surface area contributed by atoms with Crippen molar-refractivity contribution in [3.05, 3.63) is 95.0 Å². The molecule has 0 unspecified atom stereocenters. The van der Waals surface area contributed by atoms with Crippen LogP contribution in [0.5, 0.6) is 0 Å². The number of ketones is 1. The van der Waals surface area contributed by atoms with Crippen LogP contribution in [-0.4, -0.2) is 35.2 Å². The van der Waals surface area contributed by atoms with Crippen LogP contribution >= 0.6 is 11.3 Å². The summed E-state index contributed by atoms with van der Waals surface area (Å²) in [6.45, 7) is 0.779. The standard InChI is InChI=1S/C24H21N3O2S/c1-27(16-23-26-20-13-7-8-14-21(20)30-23)15-22(28)25-19-12-6-5-11-18(19)24(29)17-9-3-2-4-10-17/h2-14H,15-16H2,1H3,(H,25,28). The molecule has 1 aromatic heterocycles. The summed E-state index contributed by atoms with van der Waals surface area (Å²) in [6.07, 6.45) is 0. The summed E-state index contributed by atoms with van der Waals surface area (Å²) in [7, 11) is 1.88. The van der Waals surface area contributed by atoms with Crippen LogP contribution in [0.1, 0.15) is 20.9 Å². The van der Waals surface area contributed by atoms with Crippen LogP contribution < -0.4 is 5.32 Å². The third kappa shape index (κ3) is 4.62. The van der Waals surface area contributed by atoms with Gasteiger partial charge in [-0.2, -0.15) is 0 Å². The van der Waals surface area contributed by atoms with Crippen molar-refractivity contribution in [2.45, 2.75) is 6.54 Å². The van der Waals surface area contributed by atoms with Gasteiger partial charge in [-0.15, -0.1) is 11.3 Å². The third-order valence-electron chi connectivity index (χ3n) is 4.64. The predicted octanol–water partition coefficient (Wildman–Crippen LogP) is 4.60. The number of hydrogen-bond acceptors (Lipinski definition) is 5. The summed E-state index contributed by atoms with van der Waals surface area (Å²) in [5.41, 5.74) is 2.56. The Hall–Kier alpha value is -3.35. The van der Waals surface area contributed by atoms with Crippen molar-refractivity contribution >= 4 is 38.9 Å². The fraction of sp³-hybridized carbons (Fsp3) is 0.125. The largest absolute Gasteiger partial charge is 0.324 e. The number of carbonyl (C=O) groups is 2. The number of thiazole rings is 1. The quantitative estimate of drug-likeness (QED) is 0.448. The number of anilines is 1. The Morgan fingerprint density at radius 3 is 2.43 bits per heavy atom. The highest BCUT2D eigenvalue weighted by molar-refractivity contribution is 7.18. The number of nitrogens with one attached hydrogen (secondary N) is 1. The van der Waals surface area contributed by atoms with E-state index in [0.29, 0.717) is 23.4 Å². The van der Waals surface area contributed by atoms with Crippen LogP contribution in [0.4, 0.5) is 5.69 Å². The molecule has 0 aliphatic carbocycles. The SMILES string of the molecule is CN(CC(=O)Nc1ccccc1C(=O)c1ccccc1)Cc1nc2ccccc2s1. The van der Waals surface area contributed by atoms with Crippen molar-refractivity contribution in [3.63, 3.8) is 0 Å². The van der Waals surface area contributed by atoms with Crippen molar-refractivity contribution in [3.8, 4) is 0 Å². The Kier molecular flexibility index (Phi) is 5.97. The Morgan fingerprint density at radius 1 is 0.933 bits per heavy atom. The first-order chi connectivity index (χ1) is 14.6. The lowest BCUT2D eigenvalue weighted by atomic mass is 10.0. The number of hydrogen-bond donors (Lipinski definition) is 1.